The fourth-order valence-electron chi connectivity index (χ4n) is 2.26. The van der Waals surface area contributed by atoms with Gasteiger partial charge in [0, 0.05) is 32.3 Å². The molecule has 0 aromatic heterocycles. The van der Waals surface area contributed by atoms with E-state index in [0.29, 0.717) is 25.2 Å². The molecular weight excluding hydrogens is 216 g/mol. The van der Waals surface area contributed by atoms with Crippen molar-refractivity contribution in [3.63, 3.8) is 0 Å². The second-order valence-electron chi connectivity index (χ2n) is 5.86. The van der Waals surface area contributed by atoms with Gasteiger partial charge in [-0.25, -0.2) is 0 Å². The first kappa shape index (κ1) is 14.9. The molecule has 1 fully saturated rings. The van der Waals surface area contributed by atoms with E-state index in [4.69, 9.17) is 4.74 Å². The lowest BCUT2D eigenvalue weighted by Crippen LogP contribution is -2.49. The average Bonchev–Trinajstić information content (AvgIpc) is 2.66. The minimum Gasteiger partial charge on any atom is -0.388 e. The van der Waals surface area contributed by atoms with Crippen molar-refractivity contribution >= 4 is 0 Å². The number of nitrogens with one attached hydrogen (secondary N) is 1. The molecule has 0 aromatic rings. The van der Waals surface area contributed by atoms with E-state index in [-0.39, 0.29) is 0 Å². The van der Waals surface area contributed by atoms with Gasteiger partial charge in [-0.05, 0) is 26.8 Å². The Morgan fingerprint density at radius 2 is 2.24 bits per heavy atom. The molecule has 4 heteroatoms. The van der Waals surface area contributed by atoms with Crippen LogP contribution in [0.5, 0.6) is 0 Å². The summed E-state index contributed by atoms with van der Waals surface area (Å²) >= 11 is 0. The zero-order chi connectivity index (χ0) is 12.9. The topological polar surface area (TPSA) is 44.7 Å². The normalized spacial score (nSPS) is 24.5. The van der Waals surface area contributed by atoms with Crippen LogP contribution in [0.25, 0.3) is 0 Å². The first-order valence-corrected chi connectivity index (χ1v) is 6.65. The fourth-order valence-corrected chi connectivity index (χ4v) is 2.26. The van der Waals surface area contributed by atoms with Gasteiger partial charge in [0.05, 0.1) is 11.7 Å². The highest BCUT2D eigenvalue weighted by Crippen LogP contribution is 2.14. The Balaban J connectivity index is 2.24. The van der Waals surface area contributed by atoms with Crippen LogP contribution in [0.15, 0.2) is 0 Å². The van der Waals surface area contributed by atoms with Crippen LogP contribution in [-0.4, -0.2) is 61.0 Å². The standard InChI is InChI=1S/C13H28N2O2/c1-11(2)14-9-13(3,16)10-15(4)8-12-6-5-7-17-12/h11-12,14,16H,5-10H2,1-4H3. The molecule has 4 nitrogen and oxygen atoms in total. The average molecular weight is 244 g/mol. The Labute approximate surface area is 105 Å². The number of hydrogen-bond donors (Lipinski definition) is 2. The lowest BCUT2D eigenvalue weighted by atomic mass is 10.1. The molecular formula is C13H28N2O2. The van der Waals surface area contributed by atoms with Crippen LogP contribution in [0, 0.1) is 0 Å². The summed E-state index contributed by atoms with van der Waals surface area (Å²) in [6.07, 6.45) is 2.68. The molecule has 17 heavy (non-hydrogen) atoms. The highest BCUT2D eigenvalue weighted by atomic mass is 16.5. The van der Waals surface area contributed by atoms with Crippen molar-refractivity contribution in [2.45, 2.75) is 51.4 Å². The Kier molecular flexibility index (Phi) is 5.86. The molecule has 0 saturated carbocycles. The maximum Gasteiger partial charge on any atom is 0.0869 e. The van der Waals surface area contributed by atoms with E-state index in [1.54, 1.807) is 0 Å². The molecule has 0 aromatic carbocycles. The Morgan fingerprint density at radius 3 is 2.76 bits per heavy atom. The van der Waals surface area contributed by atoms with Gasteiger partial charge in [-0.1, -0.05) is 13.8 Å². The van der Waals surface area contributed by atoms with Crippen molar-refractivity contribution in [2.24, 2.45) is 0 Å². The summed E-state index contributed by atoms with van der Waals surface area (Å²) in [7, 11) is 2.05. The van der Waals surface area contributed by atoms with Gasteiger partial charge in [0.25, 0.3) is 0 Å². The molecule has 1 aliphatic heterocycles. The number of aliphatic hydroxyl groups is 1. The SMILES string of the molecule is CC(C)NCC(C)(O)CN(C)CC1CCCO1. The molecule has 0 bridgehead atoms. The van der Waals surface area contributed by atoms with Gasteiger partial charge in [0.2, 0.25) is 0 Å². The summed E-state index contributed by atoms with van der Waals surface area (Å²) in [5, 5.41) is 13.5. The van der Waals surface area contributed by atoms with E-state index < -0.39 is 5.60 Å². The molecule has 0 aliphatic carbocycles. The highest BCUT2D eigenvalue weighted by molar-refractivity contribution is 4.81. The number of nitrogens with zero attached hydrogens (tertiary/aromatic N) is 1. The van der Waals surface area contributed by atoms with E-state index in [2.05, 4.69) is 24.1 Å². The van der Waals surface area contributed by atoms with E-state index in [0.717, 1.165) is 19.6 Å². The third-order valence-corrected chi connectivity index (χ3v) is 3.04. The summed E-state index contributed by atoms with van der Waals surface area (Å²) in [4.78, 5) is 2.16. The smallest absolute Gasteiger partial charge is 0.0869 e. The maximum absolute atomic E-state index is 10.3. The molecule has 1 saturated heterocycles. The summed E-state index contributed by atoms with van der Waals surface area (Å²) < 4.78 is 5.60. The first-order valence-electron chi connectivity index (χ1n) is 6.65. The zero-order valence-electron chi connectivity index (χ0n) is 11.7. The second kappa shape index (κ2) is 6.69. The molecule has 1 aliphatic rings. The van der Waals surface area contributed by atoms with Crippen LogP contribution in [0.2, 0.25) is 0 Å². The lowest BCUT2D eigenvalue weighted by Gasteiger charge is -2.31. The Hall–Kier alpha value is -0.160. The van der Waals surface area contributed by atoms with E-state index in [1.807, 2.05) is 14.0 Å². The number of likely N-dealkylation sites (N-methyl/N-ethyl adjacent to an activating group) is 1. The van der Waals surface area contributed by atoms with E-state index in [9.17, 15) is 5.11 Å². The molecule has 1 rings (SSSR count). The predicted octanol–water partition coefficient (Wildman–Crippen LogP) is 0.846. The maximum atomic E-state index is 10.3. The van der Waals surface area contributed by atoms with Crippen LogP contribution < -0.4 is 5.32 Å². The van der Waals surface area contributed by atoms with Crippen molar-refractivity contribution in [3.05, 3.63) is 0 Å². The molecule has 2 unspecified atom stereocenters. The van der Waals surface area contributed by atoms with Gasteiger partial charge in [-0.3, -0.25) is 0 Å². The fraction of sp³-hybridized carbons (Fsp3) is 1.00. The highest BCUT2D eigenvalue weighted by Gasteiger charge is 2.25. The van der Waals surface area contributed by atoms with Crippen molar-refractivity contribution in [2.75, 3.05) is 33.3 Å². The largest absolute Gasteiger partial charge is 0.388 e. The van der Waals surface area contributed by atoms with Gasteiger partial charge in [0.15, 0.2) is 0 Å². The van der Waals surface area contributed by atoms with Crippen molar-refractivity contribution in [1.82, 2.24) is 10.2 Å². The van der Waals surface area contributed by atoms with Crippen LogP contribution in [0.3, 0.4) is 0 Å². The van der Waals surface area contributed by atoms with Crippen LogP contribution in [-0.2, 0) is 4.74 Å². The molecule has 1 heterocycles. The second-order valence-corrected chi connectivity index (χ2v) is 5.86. The van der Waals surface area contributed by atoms with Gasteiger partial charge in [0.1, 0.15) is 0 Å². The Bertz CT molecular complexity index is 213. The van der Waals surface area contributed by atoms with Crippen LogP contribution in [0.4, 0.5) is 0 Å². The van der Waals surface area contributed by atoms with Crippen molar-refractivity contribution < 1.29 is 9.84 Å². The summed E-state index contributed by atoms with van der Waals surface area (Å²) in [5.74, 6) is 0. The van der Waals surface area contributed by atoms with Gasteiger partial charge in [-0.15, -0.1) is 0 Å². The summed E-state index contributed by atoms with van der Waals surface area (Å²) in [6.45, 7) is 9.17. The van der Waals surface area contributed by atoms with Gasteiger partial charge >= 0.3 is 0 Å². The van der Waals surface area contributed by atoms with Gasteiger partial charge < -0.3 is 20.1 Å². The van der Waals surface area contributed by atoms with E-state index in [1.165, 1.54) is 6.42 Å². The third-order valence-electron chi connectivity index (χ3n) is 3.04. The monoisotopic (exact) mass is 244 g/mol. The first-order chi connectivity index (χ1) is 7.89. The Morgan fingerprint density at radius 1 is 1.53 bits per heavy atom. The molecule has 0 amide bonds. The molecule has 2 atom stereocenters. The quantitative estimate of drug-likeness (QED) is 0.697. The molecule has 102 valence electrons. The number of ether oxygens (including phenoxy) is 1. The van der Waals surface area contributed by atoms with Crippen molar-refractivity contribution in [3.8, 4) is 0 Å². The lowest BCUT2D eigenvalue weighted by molar-refractivity contribution is 0.00866. The molecule has 0 radical (unpaired) electrons. The van der Waals surface area contributed by atoms with Gasteiger partial charge in [-0.2, -0.15) is 0 Å². The molecule has 0 spiro atoms. The zero-order valence-corrected chi connectivity index (χ0v) is 11.7. The number of rotatable bonds is 7. The van der Waals surface area contributed by atoms with E-state index >= 15 is 0 Å². The molecule has 2 N–H and O–H groups in total. The minimum atomic E-state index is -0.683. The van der Waals surface area contributed by atoms with Crippen LogP contribution >= 0.6 is 0 Å². The predicted molar refractivity (Wildman–Crippen MR) is 70.2 cm³/mol. The number of hydrogen-bond acceptors (Lipinski definition) is 4. The summed E-state index contributed by atoms with van der Waals surface area (Å²) in [5.41, 5.74) is -0.683. The third kappa shape index (κ3) is 6.36. The summed E-state index contributed by atoms with van der Waals surface area (Å²) in [6, 6.07) is 0.407. The van der Waals surface area contributed by atoms with Crippen LogP contribution in [0.1, 0.15) is 33.6 Å². The van der Waals surface area contributed by atoms with Crippen molar-refractivity contribution in [1.29, 1.82) is 0 Å². The minimum absolute atomic E-state index is 0.355.